The van der Waals surface area contributed by atoms with E-state index in [0.717, 1.165) is 18.9 Å². The van der Waals surface area contributed by atoms with E-state index < -0.39 is 0 Å². The van der Waals surface area contributed by atoms with E-state index in [4.69, 9.17) is 4.74 Å². The molecule has 0 bridgehead atoms. The molecule has 0 fully saturated rings. The highest BCUT2D eigenvalue weighted by atomic mass is 16.5. The minimum atomic E-state index is 0.751. The average molecular weight is 157 g/mol. The Kier molecular flexibility index (Phi) is 5.71. The molecular formula is C9H19NO. The van der Waals surface area contributed by atoms with Crippen LogP contribution in [-0.4, -0.2) is 25.6 Å². The van der Waals surface area contributed by atoms with Gasteiger partial charge in [0.25, 0.3) is 0 Å². The summed E-state index contributed by atoms with van der Waals surface area (Å²) in [5, 5.41) is 0. The van der Waals surface area contributed by atoms with Crippen LogP contribution in [0.1, 0.15) is 26.2 Å². The van der Waals surface area contributed by atoms with Gasteiger partial charge in [-0.1, -0.05) is 19.8 Å². The van der Waals surface area contributed by atoms with Crippen molar-refractivity contribution in [2.75, 3.05) is 20.7 Å². The number of nitrogens with zero attached hydrogens (tertiary/aromatic N) is 1. The molecule has 0 radical (unpaired) electrons. The molecule has 2 nitrogen and oxygen atoms in total. The Morgan fingerprint density at radius 1 is 1.36 bits per heavy atom. The molecule has 0 aromatic heterocycles. The summed E-state index contributed by atoms with van der Waals surface area (Å²) in [6, 6.07) is 0. The van der Waals surface area contributed by atoms with Crippen molar-refractivity contribution < 1.29 is 4.74 Å². The molecule has 0 heterocycles. The molecule has 2 heteroatoms. The predicted octanol–water partition coefficient (Wildman–Crippen LogP) is 2.23. The van der Waals surface area contributed by atoms with Crippen molar-refractivity contribution in [1.82, 2.24) is 4.90 Å². The SMILES string of the molecule is C=C(OCCCCC)N(C)C. The fraction of sp³-hybridized carbons (Fsp3) is 0.778. The van der Waals surface area contributed by atoms with Gasteiger partial charge in [0.1, 0.15) is 0 Å². The molecule has 0 aromatic carbocycles. The average Bonchev–Trinajstić information content (AvgIpc) is 1.97. The monoisotopic (exact) mass is 157 g/mol. The van der Waals surface area contributed by atoms with E-state index in [0.29, 0.717) is 0 Å². The zero-order valence-electron chi connectivity index (χ0n) is 7.89. The van der Waals surface area contributed by atoms with Gasteiger partial charge in [0.2, 0.25) is 0 Å². The number of hydrogen-bond donors (Lipinski definition) is 0. The maximum absolute atomic E-state index is 5.34. The molecule has 66 valence electrons. The first-order chi connectivity index (χ1) is 5.18. The molecule has 0 unspecified atom stereocenters. The maximum Gasteiger partial charge on any atom is 0.181 e. The van der Waals surface area contributed by atoms with Crippen molar-refractivity contribution in [2.24, 2.45) is 0 Å². The maximum atomic E-state index is 5.34. The first-order valence-corrected chi connectivity index (χ1v) is 4.17. The third-order valence-electron chi connectivity index (χ3n) is 1.52. The molecule has 0 rings (SSSR count). The summed E-state index contributed by atoms with van der Waals surface area (Å²) in [5.41, 5.74) is 0. The standard InChI is InChI=1S/C9H19NO/c1-5-6-7-8-11-9(2)10(3)4/h2,5-8H2,1,3-4H3. The summed E-state index contributed by atoms with van der Waals surface area (Å²) in [6.45, 7) is 6.73. The highest BCUT2D eigenvalue weighted by Crippen LogP contribution is 2.00. The van der Waals surface area contributed by atoms with Crippen molar-refractivity contribution in [3.8, 4) is 0 Å². The van der Waals surface area contributed by atoms with Gasteiger partial charge in [0.15, 0.2) is 5.88 Å². The van der Waals surface area contributed by atoms with Crippen LogP contribution >= 0.6 is 0 Å². The van der Waals surface area contributed by atoms with Gasteiger partial charge in [-0.25, -0.2) is 0 Å². The normalized spacial score (nSPS) is 9.36. The van der Waals surface area contributed by atoms with Crippen molar-refractivity contribution in [2.45, 2.75) is 26.2 Å². The minimum Gasteiger partial charge on any atom is -0.480 e. The van der Waals surface area contributed by atoms with Crippen LogP contribution in [0.15, 0.2) is 12.5 Å². The summed E-state index contributed by atoms with van der Waals surface area (Å²) >= 11 is 0. The van der Waals surface area contributed by atoms with Crippen LogP contribution in [0.4, 0.5) is 0 Å². The molecule has 0 aliphatic rings. The van der Waals surface area contributed by atoms with E-state index in [1.165, 1.54) is 12.8 Å². The fourth-order valence-corrected chi connectivity index (χ4v) is 0.671. The van der Waals surface area contributed by atoms with Gasteiger partial charge in [0.05, 0.1) is 6.61 Å². The van der Waals surface area contributed by atoms with Gasteiger partial charge in [0, 0.05) is 14.1 Å². The Morgan fingerprint density at radius 2 is 2.00 bits per heavy atom. The summed E-state index contributed by atoms with van der Waals surface area (Å²) in [6.07, 6.45) is 3.60. The third-order valence-corrected chi connectivity index (χ3v) is 1.52. The van der Waals surface area contributed by atoms with Gasteiger partial charge in [-0.15, -0.1) is 0 Å². The highest BCUT2D eigenvalue weighted by Gasteiger charge is 1.94. The van der Waals surface area contributed by atoms with Crippen molar-refractivity contribution >= 4 is 0 Å². The molecule has 0 aliphatic carbocycles. The first-order valence-electron chi connectivity index (χ1n) is 4.17. The van der Waals surface area contributed by atoms with Crippen LogP contribution in [0.3, 0.4) is 0 Å². The Hall–Kier alpha value is -0.660. The Bertz CT molecular complexity index is 110. The quantitative estimate of drug-likeness (QED) is 0.433. The van der Waals surface area contributed by atoms with Crippen molar-refractivity contribution in [3.05, 3.63) is 12.5 Å². The fourth-order valence-electron chi connectivity index (χ4n) is 0.671. The van der Waals surface area contributed by atoms with Crippen LogP contribution in [0.25, 0.3) is 0 Å². The smallest absolute Gasteiger partial charge is 0.181 e. The van der Waals surface area contributed by atoms with Crippen LogP contribution in [0.2, 0.25) is 0 Å². The summed E-state index contributed by atoms with van der Waals surface area (Å²) in [7, 11) is 3.87. The molecular weight excluding hydrogens is 138 g/mol. The Labute approximate surface area is 69.8 Å². The lowest BCUT2D eigenvalue weighted by Crippen LogP contribution is -2.13. The highest BCUT2D eigenvalue weighted by molar-refractivity contribution is 4.77. The van der Waals surface area contributed by atoms with E-state index in [1.807, 2.05) is 19.0 Å². The number of ether oxygens (including phenoxy) is 1. The van der Waals surface area contributed by atoms with Crippen LogP contribution in [0, 0.1) is 0 Å². The minimum absolute atomic E-state index is 0.751. The van der Waals surface area contributed by atoms with E-state index in [2.05, 4.69) is 13.5 Å². The summed E-state index contributed by atoms with van der Waals surface area (Å²) < 4.78 is 5.34. The lowest BCUT2D eigenvalue weighted by Gasteiger charge is -2.15. The zero-order chi connectivity index (χ0) is 8.69. The van der Waals surface area contributed by atoms with Gasteiger partial charge >= 0.3 is 0 Å². The van der Waals surface area contributed by atoms with Gasteiger partial charge in [-0.05, 0) is 13.0 Å². The molecule has 0 spiro atoms. The van der Waals surface area contributed by atoms with Crippen LogP contribution < -0.4 is 0 Å². The second-order valence-electron chi connectivity index (χ2n) is 2.84. The first kappa shape index (κ1) is 10.3. The second-order valence-corrected chi connectivity index (χ2v) is 2.84. The number of hydrogen-bond acceptors (Lipinski definition) is 2. The van der Waals surface area contributed by atoms with E-state index in [9.17, 15) is 0 Å². The van der Waals surface area contributed by atoms with Crippen molar-refractivity contribution in [1.29, 1.82) is 0 Å². The third kappa shape index (κ3) is 5.77. The number of unbranched alkanes of at least 4 members (excludes halogenated alkanes) is 2. The van der Waals surface area contributed by atoms with Crippen molar-refractivity contribution in [3.63, 3.8) is 0 Å². The van der Waals surface area contributed by atoms with E-state index in [1.54, 1.807) is 0 Å². The summed E-state index contributed by atoms with van der Waals surface area (Å²) in [4.78, 5) is 1.88. The van der Waals surface area contributed by atoms with Crippen LogP contribution in [-0.2, 0) is 4.74 Å². The van der Waals surface area contributed by atoms with E-state index in [-0.39, 0.29) is 0 Å². The lowest BCUT2D eigenvalue weighted by atomic mass is 10.3. The predicted molar refractivity (Wildman–Crippen MR) is 48.3 cm³/mol. The zero-order valence-corrected chi connectivity index (χ0v) is 7.89. The second kappa shape index (κ2) is 6.08. The molecule has 0 aromatic rings. The topological polar surface area (TPSA) is 12.5 Å². The number of rotatable bonds is 6. The van der Waals surface area contributed by atoms with Gasteiger partial charge in [-0.2, -0.15) is 0 Å². The van der Waals surface area contributed by atoms with Gasteiger partial charge in [-0.3, -0.25) is 0 Å². The molecule has 0 saturated carbocycles. The van der Waals surface area contributed by atoms with Crippen LogP contribution in [0.5, 0.6) is 0 Å². The Morgan fingerprint density at radius 3 is 2.45 bits per heavy atom. The molecule has 11 heavy (non-hydrogen) atoms. The van der Waals surface area contributed by atoms with E-state index >= 15 is 0 Å². The molecule has 0 saturated heterocycles. The van der Waals surface area contributed by atoms with Gasteiger partial charge < -0.3 is 9.64 Å². The molecule has 0 amide bonds. The molecule has 0 N–H and O–H groups in total. The lowest BCUT2D eigenvalue weighted by molar-refractivity contribution is 0.139. The Balaban J connectivity index is 3.18. The molecule has 0 atom stereocenters. The molecule has 0 aliphatic heterocycles. The largest absolute Gasteiger partial charge is 0.480 e. The summed E-state index contributed by atoms with van der Waals surface area (Å²) in [5.74, 6) is 0.751.